The number of amides is 1. The SMILES string of the molecule is CCC/C=C\[C@H]1CC(C)(C)N(c2ccnc(CC)n2)C1=O. The molecule has 1 atom stereocenters. The van der Waals surface area contributed by atoms with E-state index in [1.54, 1.807) is 6.20 Å². The normalized spacial score (nSPS) is 21.4. The number of hydrogen-bond acceptors (Lipinski definition) is 3. The maximum atomic E-state index is 12.7. The Morgan fingerprint density at radius 1 is 1.43 bits per heavy atom. The van der Waals surface area contributed by atoms with Gasteiger partial charge in [-0.15, -0.1) is 0 Å². The van der Waals surface area contributed by atoms with Gasteiger partial charge in [0, 0.05) is 18.2 Å². The van der Waals surface area contributed by atoms with Crippen molar-refractivity contribution in [3.05, 3.63) is 30.2 Å². The Bertz CT molecular complexity index is 537. The van der Waals surface area contributed by atoms with E-state index in [2.05, 4.69) is 42.9 Å². The molecule has 4 heteroatoms. The number of hydrogen-bond donors (Lipinski definition) is 0. The first-order chi connectivity index (χ1) is 9.99. The van der Waals surface area contributed by atoms with Gasteiger partial charge in [-0.1, -0.05) is 32.4 Å². The van der Waals surface area contributed by atoms with E-state index in [-0.39, 0.29) is 17.4 Å². The van der Waals surface area contributed by atoms with Crippen LogP contribution >= 0.6 is 0 Å². The summed E-state index contributed by atoms with van der Waals surface area (Å²) in [4.78, 5) is 23.3. The first-order valence-corrected chi connectivity index (χ1v) is 7.82. The Balaban J connectivity index is 2.27. The molecule has 1 amide bonds. The Labute approximate surface area is 127 Å². The lowest BCUT2D eigenvalue weighted by Gasteiger charge is -2.30. The maximum absolute atomic E-state index is 12.7. The molecule has 0 unspecified atom stereocenters. The van der Waals surface area contributed by atoms with Gasteiger partial charge in [-0.05, 0) is 32.8 Å². The maximum Gasteiger partial charge on any atom is 0.235 e. The summed E-state index contributed by atoms with van der Waals surface area (Å²) < 4.78 is 0. The van der Waals surface area contributed by atoms with Gasteiger partial charge in [0.05, 0.1) is 5.92 Å². The molecule has 1 saturated heterocycles. The highest BCUT2D eigenvalue weighted by molar-refractivity contribution is 5.99. The average Bonchev–Trinajstić information content (AvgIpc) is 2.68. The summed E-state index contributed by atoms with van der Waals surface area (Å²) in [5.41, 5.74) is -0.211. The van der Waals surface area contributed by atoms with Crippen LogP contribution in [0.15, 0.2) is 24.4 Å². The molecule has 1 aromatic heterocycles. The van der Waals surface area contributed by atoms with E-state index < -0.39 is 0 Å². The molecule has 4 nitrogen and oxygen atoms in total. The summed E-state index contributed by atoms with van der Waals surface area (Å²) in [6.07, 6.45) is 9.67. The Hall–Kier alpha value is -1.71. The van der Waals surface area contributed by atoms with Crippen molar-refractivity contribution in [2.75, 3.05) is 4.90 Å². The molecule has 2 rings (SSSR count). The van der Waals surface area contributed by atoms with Crippen molar-refractivity contribution in [2.24, 2.45) is 5.92 Å². The van der Waals surface area contributed by atoms with Gasteiger partial charge in [0.15, 0.2) is 0 Å². The Morgan fingerprint density at radius 3 is 2.86 bits per heavy atom. The molecule has 2 heterocycles. The number of aromatic nitrogens is 2. The average molecular weight is 287 g/mol. The molecule has 114 valence electrons. The second-order valence-corrected chi connectivity index (χ2v) is 6.20. The highest BCUT2D eigenvalue weighted by Crippen LogP contribution is 2.37. The summed E-state index contributed by atoms with van der Waals surface area (Å²) in [6.45, 7) is 8.37. The topological polar surface area (TPSA) is 46.1 Å². The van der Waals surface area contributed by atoms with Crippen LogP contribution in [0.5, 0.6) is 0 Å². The quantitative estimate of drug-likeness (QED) is 0.778. The third-order valence-electron chi connectivity index (χ3n) is 3.92. The molecule has 1 aliphatic rings. The van der Waals surface area contributed by atoms with Crippen LogP contribution in [-0.4, -0.2) is 21.4 Å². The summed E-state index contributed by atoms with van der Waals surface area (Å²) in [6, 6.07) is 1.83. The summed E-state index contributed by atoms with van der Waals surface area (Å²) in [5, 5.41) is 0. The van der Waals surface area contributed by atoms with Crippen LogP contribution in [0.25, 0.3) is 0 Å². The highest BCUT2D eigenvalue weighted by atomic mass is 16.2. The van der Waals surface area contributed by atoms with Crippen LogP contribution in [0.3, 0.4) is 0 Å². The molecule has 0 spiro atoms. The molecule has 21 heavy (non-hydrogen) atoms. The fraction of sp³-hybridized carbons (Fsp3) is 0.588. The molecule has 1 aromatic rings. The number of rotatable bonds is 5. The van der Waals surface area contributed by atoms with E-state index in [0.29, 0.717) is 0 Å². The summed E-state index contributed by atoms with van der Waals surface area (Å²) >= 11 is 0. The van der Waals surface area contributed by atoms with Crippen molar-refractivity contribution < 1.29 is 4.79 Å². The number of nitrogens with zero attached hydrogens (tertiary/aromatic N) is 3. The van der Waals surface area contributed by atoms with Gasteiger partial charge in [-0.25, -0.2) is 9.97 Å². The standard InChI is InChI=1S/C17H25N3O/c1-5-7-8-9-13-12-17(3,4)20(16(13)21)15-10-11-18-14(6-2)19-15/h8-11,13H,5-7,12H2,1-4H3/b9-8-/t13-/m0/s1. The molecule has 0 aromatic carbocycles. The van der Waals surface area contributed by atoms with Gasteiger partial charge in [-0.3, -0.25) is 9.69 Å². The van der Waals surface area contributed by atoms with E-state index in [0.717, 1.165) is 37.3 Å². The zero-order valence-corrected chi connectivity index (χ0v) is 13.5. The molecular weight excluding hydrogens is 262 g/mol. The predicted molar refractivity (Wildman–Crippen MR) is 85.1 cm³/mol. The van der Waals surface area contributed by atoms with Gasteiger partial charge in [0.2, 0.25) is 5.91 Å². The number of carbonyl (C=O) groups excluding carboxylic acids is 1. The smallest absolute Gasteiger partial charge is 0.235 e. The molecule has 1 fully saturated rings. The van der Waals surface area contributed by atoms with Gasteiger partial charge in [-0.2, -0.15) is 0 Å². The Morgan fingerprint density at radius 2 is 2.19 bits per heavy atom. The lowest BCUT2D eigenvalue weighted by molar-refractivity contribution is -0.119. The molecule has 1 aliphatic heterocycles. The fourth-order valence-corrected chi connectivity index (χ4v) is 2.86. The number of aryl methyl sites for hydroxylation is 1. The number of unbranched alkanes of at least 4 members (excludes halogenated alkanes) is 1. The van der Waals surface area contributed by atoms with Gasteiger partial charge in [0.25, 0.3) is 0 Å². The van der Waals surface area contributed by atoms with E-state index in [1.165, 1.54) is 0 Å². The van der Waals surface area contributed by atoms with Crippen LogP contribution < -0.4 is 4.90 Å². The zero-order chi connectivity index (χ0) is 15.5. The summed E-state index contributed by atoms with van der Waals surface area (Å²) in [7, 11) is 0. The zero-order valence-electron chi connectivity index (χ0n) is 13.5. The minimum Gasteiger partial charge on any atom is -0.290 e. The predicted octanol–water partition coefficient (Wildman–Crippen LogP) is 3.53. The molecule has 0 bridgehead atoms. The van der Waals surface area contributed by atoms with Crippen molar-refractivity contribution in [1.29, 1.82) is 0 Å². The van der Waals surface area contributed by atoms with Crippen LogP contribution in [0.1, 0.15) is 52.8 Å². The molecule has 0 radical (unpaired) electrons. The second kappa shape index (κ2) is 6.37. The lowest BCUT2D eigenvalue weighted by Crippen LogP contribution is -2.41. The third-order valence-corrected chi connectivity index (χ3v) is 3.92. The van der Waals surface area contributed by atoms with E-state index >= 15 is 0 Å². The van der Waals surface area contributed by atoms with Crippen molar-refractivity contribution in [2.45, 2.75) is 58.9 Å². The number of anilines is 1. The minimum atomic E-state index is -0.211. The van der Waals surface area contributed by atoms with E-state index in [4.69, 9.17) is 0 Å². The van der Waals surface area contributed by atoms with Crippen LogP contribution in [0.2, 0.25) is 0 Å². The third kappa shape index (κ3) is 3.31. The van der Waals surface area contributed by atoms with Crippen molar-refractivity contribution in [3.8, 4) is 0 Å². The van der Waals surface area contributed by atoms with Crippen molar-refractivity contribution in [1.82, 2.24) is 9.97 Å². The van der Waals surface area contributed by atoms with Crippen LogP contribution in [0.4, 0.5) is 5.82 Å². The molecule has 0 N–H and O–H groups in total. The van der Waals surface area contributed by atoms with Gasteiger partial charge >= 0.3 is 0 Å². The van der Waals surface area contributed by atoms with E-state index in [1.807, 2.05) is 17.9 Å². The lowest BCUT2D eigenvalue weighted by atomic mass is 9.96. The second-order valence-electron chi connectivity index (χ2n) is 6.20. The molecule has 0 saturated carbocycles. The first kappa shape index (κ1) is 15.7. The fourth-order valence-electron chi connectivity index (χ4n) is 2.86. The van der Waals surface area contributed by atoms with Crippen LogP contribution in [-0.2, 0) is 11.2 Å². The van der Waals surface area contributed by atoms with Gasteiger partial charge in [0.1, 0.15) is 11.6 Å². The van der Waals surface area contributed by atoms with Crippen LogP contribution in [0, 0.1) is 5.92 Å². The molecular formula is C17H25N3O. The van der Waals surface area contributed by atoms with Gasteiger partial charge < -0.3 is 0 Å². The summed E-state index contributed by atoms with van der Waals surface area (Å²) in [5.74, 6) is 1.61. The van der Waals surface area contributed by atoms with Crippen molar-refractivity contribution >= 4 is 11.7 Å². The monoisotopic (exact) mass is 287 g/mol. The largest absolute Gasteiger partial charge is 0.290 e. The first-order valence-electron chi connectivity index (χ1n) is 7.82. The number of allylic oxidation sites excluding steroid dienone is 1. The highest BCUT2D eigenvalue weighted by Gasteiger charge is 2.45. The Kier molecular flexibility index (Phi) is 4.76. The number of carbonyl (C=O) groups is 1. The van der Waals surface area contributed by atoms with E-state index in [9.17, 15) is 4.79 Å². The van der Waals surface area contributed by atoms with Crippen molar-refractivity contribution in [3.63, 3.8) is 0 Å². The molecule has 0 aliphatic carbocycles. The minimum absolute atomic E-state index is 0.0356.